The fourth-order valence-corrected chi connectivity index (χ4v) is 2.05. The Kier molecular flexibility index (Phi) is 4.96. The third-order valence-electron chi connectivity index (χ3n) is 4.16. The van der Waals surface area contributed by atoms with Crippen LogP contribution in [-0.4, -0.2) is 40.8 Å². The lowest BCUT2D eigenvalue weighted by molar-refractivity contribution is 0.00578. The molecule has 0 bridgehead atoms. The first-order chi connectivity index (χ1) is 10.5. The summed E-state index contributed by atoms with van der Waals surface area (Å²) in [5.74, 6) is -2.68. The molecule has 1 saturated heterocycles. The molecular weight excluding hydrogens is 305 g/mol. The van der Waals surface area contributed by atoms with E-state index in [-0.39, 0.29) is 25.5 Å². The van der Waals surface area contributed by atoms with Crippen LogP contribution in [0.5, 0.6) is 6.01 Å². The van der Waals surface area contributed by atoms with Crippen molar-refractivity contribution >= 4 is 12.6 Å². The van der Waals surface area contributed by atoms with Gasteiger partial charge in [-0.1, -0.05) is 0 Å². The van der Waals surface area contributed by atoms with Crippen molar-refractivity contribution in [3.05, 3.63) is 12.4 Å². The summed E-state index contributed by atoms with van der Waals surface area (Å²) in [6.07, 6.45) is 3.16. The predicted octanol–water partition coefficient (Wildman–Crippen LogP) is 2.59. The van der Waals surface area contributed by atoms with Crippen LogP contribution in [0.1, 0.15) is 47.5 Å². The molecule has 0 aliphatic carbocycles. The summed E-state index contributed by atoms with van der Waals surface area (Å²) >= 11 is 0. The van der Waals surface area contributed by atoms with Gasteiger partial charge < -0.3 is 14.0 Å². The second-order valence-corrected chi connectivity index (χ2v) is 6.91. The van der Waals surface area contributed by atoms with Crippen LogP contribution in [0.4, 0.5) is 8.78 Å². The first kappa shape index (κ1) is 18.1. The maximum Gasteiger partial charge on any atom is 0.498 e. The Morgan fingerprint density at radius 2 is 1.65 bits per heavy atom. The molecule has 0 N–H and O–H groups in total. The average molecular weight is 328 g/mol. The summed E-state index contributed by atoms with van der Waals surface area (Å²) in [5, 5.41) is 0. The van der Waals surface area contributed by atoms with E-state index in [1.54, 1.807) is 12.4 Å². The first-order valence-electron chi connectivity index (χ1n) is 7.68. The predicted molar refractivity (Wildman–Crippen MR) is 83.1 cm³/mol. The lowest BCUT2D eigenvalue weighted by Gasteiger charge is -2.32. The van der Waals surface area contributed by atoms with Gasteiger partial charge in [-0.05, 0) is 41.0 Å². The van der Waals surface area contributed by atoms with Crippen LogP contribution in [0.3, 0.4) is 0 Å². The first-order valence-corrected chi connectivity index (χ1v) is 7.68. The monoisotopic (exact) mass is 328 g/mol. The third kappa shape index (κ3) is 4.60. The Labute approximate surface area is 135 Å². The minimum atomic E-state index is -2.68. The van der Waals surface area contributed by atoms with Crippen LogP contribution in [-0.2, 0) is 9.31 Å². The van der Waals surface area contributed by atoms with Crippen molar-refractivity contribution < 1.29 is 22.8 Å². The summed E-state index contributed by atoms with van der Waals surface area (Å²) in [6, 6.07) is 0.157. The molecule has 8 heteroatoms. The number of aromatic nitrogens is 2. The number of hydrogen-bond acceptors (Lipinski definition) is 5. The Morgan fingerprint density at radius 1 is 1.13 bits per heavy atom. The van der Waals surface area contributed by atoms with E-state index in [1.165, 1.54) is 0 Å². The molecule has 1 aromatic heterocycles. The molecule has 0 spiro atoms. The number of hydrogen-bond donors (Lipinski definition) is 0. The maximum absolute atomic E-state index is 12.7. The SMILES string of the molecule is CC(F)(F)CCCOc1ncc(B2OC(C)(C)C(C)(C)O2)cn1. The van der Waals surface area contributed by atoms with Crippen molar-refractivity contribution in [2.45, 2.75) is 64.6 Å². The van der Waals surface area contributed by atoms with E-state index in [9.17, 15) is 8.78 Å². The smallest absolute Gasteiger partial charge is 0.463 e. The second kappa shape index (κ2) is 6.32. The van der Waals surface area contributed by atoms with Gasteiger partial charge in [-0.15, -0.1) is 0 Å². The van der Waals surface area contributed by atoms with Crippen molar-refractivity contribution in [2.24, 2.45) is 0 Å². The highest BCUT2D eigenvalue weighted by Gasteiger charge is 2.51. The van der Waals surface area contributed by atoms with Crippen LogP contribution in [0, 0.1) is 0 Å². The molecule has 1 aromatic rings. The van der Waals surface area contributed by atoms with Crippen molar-refractivity contribution in [1.82, 2.24) is 9.97 Å². The van der Waals surface area contributed by atoms with Gasteiger partial charge in [0, 0.05) is 24.3 Å². The Hall–Kier alpha value is -1.28. The molecule has 0 unspecified atom stereocenters. The largest absolute Gasteiger partial charge is 0.498 e. The number of alkyl halides is 2. The molecule has 23 heavy (non-hydrogen) atoms. The maximum atomic E-state index is 12.7. The highest BCUT2D eigenvalue weighted by atomic mass is 19.3. The van der Waals surface area contributed by atoms with Crippen LogP contribution >= 0.6 is 0 Å². The molecule has 0 radical (unpaired) electrons. The zero-order chi connectivity index (χ0) is 17.3. The molecule has 2 heterocycles. The van der Waals surface area contributed by atoms with E-state index in [1.807, 2.05) is 27.7 Å². The molecular formula is C15H23BF2N2O3. The molecule has 1 aliphatic heterocycles. The molecule has 0 atom stereocenters. The van der Waals surface area contributed by atoms with Crippen molar-refractivity contribution in [3.8, 4) is 6.01 Å². The van der Waals surface area contributed by atoms with E-state index in [0.717, 1.165) is 6.92 Å². The van der Waals surface area contributed by atoms with Gasteiger partial charge >= 0.3 is 13.1 Å². The fourth-order valence-electron chi connectivity index (χ4n) is 2.05. The minimum absolute atomic E-state index is 0.152. The van der Waals surface area contributed by atoms with Crippen LogP contribution < -0.4 is 10.2 Å². The molecule has 5 nitrogen and oxygen atoms in total. The molecule has 0 aromatic carbocycles. The van der Waals surface area contributed by atoms with Gasteiger partial charge in [-0.2, -0.15) is 0 Å². The Morgan fingerprint density at radius 3 is 2.13 bits per heavy atom. The van der Waals surface area contributed by atoms with Gasteiger partial charge in [0.15, 0.2) is 0 Å². The summed E-state index contributed by atoms with van der Waals surface area (Å²) in [5.41, 5.74) is -0.174. The summed E-state index contributed by atoms with van der Waals surface area (Å²) in [4.78, 5) is 8.14. The lowest BCUT2D eigenvalue weighted by Crippen LogP contribution is -2.41. The van der Waals surface area contributed by atoms with E-state index >= 15 is 0 Å². The van der Waals surface area contributed by atoms with E-state index < -0.39 is 24.2 Å². The van der Waals surface area contributed by atoms with Gasteiger partial charge in [0.2, 0.25) is 5.92 Å². The number of rotatable bonds is 6. The topological polar surface area (TPSA) is 53.5 Å². The van der Waals surface area contributed by atoms with Crippen molar-refractivity contribution in [1.29, 1.82) is 0 Å². The quantitative estimate of drug-likeness (QED) is 0.593. The van der Waals surface area contributed by atoms with Crippen LogP contribution in [0.25, 0.3) is 0 Å². The Balaban J connectivity index is 1.88. The lowest BCUT2D eigenvalue weighted by atomic mass is 9.81. The number of halogens is 2. The van der Waals surface area contributed by atoms with Crippen molar-refractivity contribution in [3.63, 3.8) is 0 Å². The van der Waals surface area contributed by atoms with Gasteiger partial charge in [0.1, 0.15) is 0 Å². The molecule has 128 valence electrons. The number of nitrogens with zero attached hydrogens (tertiary/aromatic N) is 2. The van der Waals surface area contributed by atoms with Gasteiger partial charge in [-0.3, -0.25) is 0 Å². The van der Waals surface area contributed by atoms with Crippen molar-refractivity contribution in [2.75, 3.05) is 6.61 Å². The highest BCUT2D eigenvalue weighted by molar-refractivity contribution is 6.61. The highest BCUT2D eigenvalue weighted by Crippen LogP contribution is 2.36. The van der Waals surface area contributed by atoms with Crippen LogP contribution in [0.15, 0.2) is 12.4 Å². The molecule has 0 amide bonds. The third-order valence-corrected chi connectivity index (χ3v) is 4.16. The standard InChI is InChI=1S/C15H23BF2N2O3/c1-13(2)14(3,4)23-16(22-13)11-9-19-12(20-10-11)21-8-6-7-15(5,17)18/h9-10H,6-8H2,1-5H3. The van der Waals surface area contributed by atoms with Gasteiger partial charge in [0.25, 0.3) is 0 Å². The molecule has 1 aliphatic rings. The normalized spacial score (nSPS) is 19.9. The number of ether oxygens (including phenoxy) is 1. The zero-order valence-electron chi connectivity index (χ0n) is 14.2. The van der Waals surface area contributed by atoms with E-state index in [2.05, 4.69) is 9.97 Å². The second-order valence-electron chi connectivity index (χ2n) is 6.91. The fraction of sp³-hybridized carbons (Fsp3) is 0.733. The minimum Gasteiger partial charge on any atom is -0.463 e. The van der Waals surface area contributed by atoms with Gasteiger partial charge in [0.05, 0.1) is 17.8 Å². The zero-order valence-corrected chi connectivity index (χ0v) is 14.2. The van der Waals surface area contributed by atoms with Gasteiger partial charge in [-0.25, -0.2) is 18.7 Å². The van der Waals surface area contributed by atoms with E-state index in [4.69, 9.17) is 14.0 Å². The average Bonchev–Trinajstić information content (AvgIpc) is 2.63. The Bertz CT molecular complexity index is 517. The molecule has 2 rings (SSSR count). The molecule has 1 fully saturated rings. The molecule has 0 saturated carbocycles. The summed E-state index contributed by atoms with van der Waals surface area (Å²) in [6.45, 7) is 8.91. The summed E-state index contributed by atoms with van der Waals surface area (Å²) < 4.78 is 42.4. The van der Waals surface area contributed by atoms with E-state index in [0.29, 0.717) is 5.46 Å². The van der Waals surface area contributed by atoms with Crippen LogP contribution in [0.2, 0.25) is 0 Å². The summed E-state index contributed by atoms with van der Waals surface area (Å²) in [7, 11) is -0.534.